The molecule has 0 aromatic heterocycles. The second-order valence-corrected chi connectivity index (χ2v) is 5.61. The molecule has 0 saturated heterocycles. The van der Waals surface area contributed by atoms with Crippen LogP contribution in [0.15, 0.2) is 18.2 Å². The molecule has 1 aliphatic rings. The Balaban J connectivity index is 1.88. The van der Waals surface area contributed by atoms with Gasteiger partial charge in [-0.15, -0.1) is 0 Å². The molecule has 2 N–H and O–H groups in total. The van der Waals surface area contributed by atoms with Gasteiger partial charge in [-0.1, -0.05) is 19.8 Å². The zero-order chi connectivity index (χ0) is 14.5. The van der Waals surface area contributed by atoms with Gasteiger partial charge in [0.2, 0.25) is 0 Å². The van der Waals surface area contributed by atoms with Crippen molar-refractivity contribution in [3.05, 3.63) is 24.0 Å². The van der Waals surface area contributed by atoms with E-state index in [0.717, 1.165) is 37.7 Å². The van der Waals surface area contributed by atoms with Gasteiger partial charge in [-0.3, -0.25) is 4.79 Å². The summed E-state index contributed by atoms with van der Waals surface area (Å²) < 4.78 is 18.5. The van der Waals surface area contributed by atoms with Gasteiger partial charge >= 0.3 is 5.97 Å². The van der Waals surface area contributed by atoms with Crippen LogP contribution in [0.4, 0.5) is 10.1 Å². The molecule has 0 bridgehead atoms. The average molecular weight is 279 g/mol. The van der Waals surface area contributed by atoms with Gasteiger partial charge in [-0.2, -0.15) is 0 Å². The van der Waals surface area contributed by atoms with Crippen LogP contribution in [0.1, 0.15) is 45.4 Å². The zero-order valence-corrected chi connectivity index (χ0v) is 11.9. The van der Waals surface area contributed by atoms with Crippen molar-refractivity contribution in [3.8, 4) is 5.75 Å². The van der Waals surface area contributed by atoms with E-state index in [9.17, 15) is 9.18 Å². The molecule has 2 rings (SSSR count). The topological polar surface area (TPSA) is 52.3 Å². The average Bonchev–Trinajstić information content (AvgIpc) is 2.44. The maximum atomic E-state index is 13.3. The van der Waals surface area contributed by atoms with E-state index in [1.807, 2.05) is 0 Å². The summed E-state index contributed by atoms with van der Waals surface area (Å²) in [7, 11) is 0. The van der Waals surface area contributed by atoms with Crippen LogP contribution in [0.2, 0.25) is 0 Å². The molecule has 0 atom stereocenters. The number of hydrogen-bond donors (Lipinski definition) is 1. The zero-order valence-electron chi connectivity index (χ0n) is 11.9. The van der Waals surface area contributed by atoms with E-state index in [1.54, 1.807) is 0 Å². The van der Waals surface area contributed by atoms with Crippen molar-refractivity contribution in [1.29, 1.82) is 0 Å². The number of carbonyl (C=O) groups is 1. The molecule has 1 aromatic carbocycles. The minimum atomic E-state index is -0.554. The quantitative estimate of drug-likeness (QED) is 0.516. The molecular formula is C16H22FNO2. The molecule has 110 valence electrons. The van der Waals surface area contributed by atoms with E-state index in [2.05, 4.69) is 6.92 Å². The van der Waals surface area contributed by atoms with Crippen LogP contribution in [-0.2, 0) is 4.79 Å². The van der Waals surface area contributed by atoms with Crippen molar-refractivity contribution in [2.75, 3.05) is 5.73 Å². The van der Waals surface area contributed by atoms with Crippen LogP contribution in [0.25, 0.3) is 0 Å². The fourth-order valence-electron chi connectivity index (χ4n) is 2.87. The van der Waals surface area contributed by atoms with Crippen molar-refractivity contribution in [1.82, 2.24) is 0 Å². The monoisotopic (exact) mass is 279 g/mol. The second-order valence-electron chi connectivity index (χ2n) is 5.61. The molecule has 4 heteroatoms. The van der Waals surface area contributed by atoms with E-state index in [1.165, 1.54) is 25.0 Å². The first-order chi connectivity index (χ1) is 9.60. The van der Waals surface area contributed by atoms with Crippen molar-refractivity contribution in [2.45, 2.75) is 45.4 Å². The Hall–Kier alpha value is -1.58. The molecular weight excluding hydrogens is 257 g/mol. The first kappa shape index (κ1) is 14.8. The maximum Gasteiger partial charge on any atom is 0.314 e. The van der Waals surface area contributed by atoms with Gasteiger partial charge in [-0.25, -0.2) is 4.39 Å². The maximum absolute atomic E-state index is 13.3. The van der Waals surface area contributed by atoms with Crippen LogP contribution in [0.5, 0.6) is 5.75 Å². The first-order valence-electron chi connectivity index (χ1n) is 7.37. The molecule has 1 saturated carbocycles. The first-order valence-corrected chi connectivity index (χ1v) is 7.37. The minimum Gasteiger partial charge on any atom is -0.426 e. The van der Waals surface area contributed by atoms with Crippen LogP contribution in [0.3, 0.4) is 0 Å². The normalized spacial score (nSPS) is 22.5. The fraction of sp³-hybridized carbons (Fsp3) is 0.562. The summed E-state index contributed by atoms with van der Waals surface area (Å²) in [6.45, 7) is 2.19. The van der Waals surface area contributed by atoms with Gasteiger partial charge in [0.15, 0.2) is 0 Å². The van der Waals surface area contributed by atoms with E-state index < -0.39 is 5.82 Å². The van der Waals surface area contributed by atoms with Crippen molar-refractivity contribution < 1.29 is 13.9 Å². The predicted molar refractivity (Wildman–Crippen MR) is 76.8 cm³/mol. The minimum absolute atomic E-state index is 0.0521. The van der Waals surface area contributed by atoms with E-state index in [0.29, 0.717) is 0 Å². The number of carbonyl (C=O) groups excluding carboxylic acids is 1. The molecule has 0 unspecified atom stereocenters. The molecule has 1 fully saturated rings. The smallest absolute Gasteiger partial charge is 0.314 e. The summed E-state index contributed by atoms with van der Waals surface area (Å²) in [4.78, 5) is 12.1. The van der Waals surface area contributed by atoms with Crippen molar-refractivity contribution in [2.24, 2.45) is 11.8 Å². The van der Waals surface area contributed by atoms with Crippen LogP contribution in [-0.4, -0.2) is 5.97 Å². The predicted octanol–water partition coefficient (Wildman–Crippen LogP) is 3.92. The van der Waals surface area contributed by atoms with Gasteiger partial charge in [-0.05, 0) is 43.7 Å². The SMILES string of the molecule is CCCC1CCC(C(=O)Oc2ccc(N)c(F)c2)CC1. The summed E-state index contributed by atoms with van der Waals surface area (Å²) >= 11 is 0. The summed E-state index contributed by atoms with van der Waals surface area (Å²) in [6, 6.07) is 4.10. The van der Waals surface area contributed by atoms with Crippen LogP contribution < -0.4 is 10.5 Å². The standard InChI is InChI=1S/C16H22FNO2/c1-2-3-11-4-6-12(7-5-11)16(19)20-13-8-9-15(18)14(17)10-13/h8-12H,2-7,18H2,1H3. The van der Waals surface area contributed by atoms with Gasteiger partial charge in [0.1, 0.15) is 11.6 Å². The Labute approximate surface area is 119 Å². The van der Waals surface area contributed by atoms with E-state index >= 15 is 0 Å². The third kappa shape index (κ3) is 3.71. The Morgan fingerprint density at radius 2 is 2.05 bits per heavy atom. The highest BCUT2D eigenvalue weighted by Gasteiger charge is 2.27. The summed E-state index contributed by atoms with van der Waals surface area (Å²) in [5, 5.41) is 0. The number of halogens is 1. The third-order valence-electron chi connectivity index (χ3n) is 4.07. The van der Waals surface area contributed by atoms with Gasteiger partial charge in [0, 0.05) is 6.07 Å². The molecule has 20 heavy (non-hydrogen) atoms. The highest BCUT2D eigenvalue weighted by Crippen LogP contribution is 2.32. The Bertz CT molecular complexity index is 468. The highest BCUT2D eigenvalue weighted by molar-refractivity contribution is 5.75. The van der Waals surface area contributed by atoms with Gasteiger partial charge in [0.25, 0.3) is 0 Å². The number of benzene rings is 1. The lowest BCUT2D eigenvalue weighted by Crippen LogP contribution is -2.25. The number of esters is 1. The van der Waals surface area contributed by atoms with E-state index in [4.69, 9.17) is 10.5 Å². The molecule has 1 aromatic rings. The summed E-state index contributed by atoms with van der Waals surface area (Å²) in [5.41, 5.74) is 5.45. The Kier molecular flexibility index (Phi) is 4.99. The molecule has 0 spiro atoms. The number of hydrogen-bond acceptors (Lipinski definition) is 3. The molecule has 0 heterocycles. The van der Waals surface area contributed by atoms with Crippen LogP contribution in [0, 0.1) is 17.7 Å². The van der Waals surface area contributed by atoms with Crippen molar-refractivity contribution in [3.63, 3.8) is 0 Å². The number of ether oxygens (including phenoxy) is 1. The number of nitrogen functional groups attached to an aromatic ring is 1. The third-order valence-corrected chi connectivity index (χ3v) is 4.07. The number of anilines is 1. The fourth-order valence-corrected chi connectivity index (χ4v) is 2.87. The van der Waals surface area contributed by atoms with Gasteiger partial charge in [0.05, 0.1) is 11.6 Å². The molecule has 0 radical (unpaired) electrons. The summed E-state index contributed by atoms with van der Waals surface area (Å²) in [6.07, 6.45) is 6.37. The second kappa shape index (κ2) is 6.73. The number of rotatable bonds is 4. The molecule has 0 amide bonds. The summed E-state index contributed by atoms with van der Waals surface area (Å²) in [5.74, 6) is 0.130. The number of nitrogens with two attached hydrogens (primary N) is 1. The van der Waals surface area contributed by atoms with E-state index in [-0.39, 0.29) is 23.3 Å². The van der Waals surface area contributed by atoms with Gasteiger partial charge < -0.3 is 10.5 Å². The Morgan fingerprint density at radius 1 is 1.35 bits per heavy atom. The Morgan fingerprint density at radius 3 is 2.65 bits per heavy atom. The van der Waals surface area contributed by atoms with Crippen LogP contribution >= 0.6 is 0 Å². The largest absolute Gasteiger partial charge is 0.426 e. The molecule has 1 aliphatic carbocycles. The molecule has 3 nitrogen and oxygen atoms in total. The lowest BCUT2D eigenvalue weighted by molar-refractivity contribution is -0.140. The molecule has 0 aliphatic heterocycles. The van der Waals surface area contributed by atoms with Crippen molar-refractivity contribution >= 4 is 11.7 Å². The highest BCUT2D eigenvalue weighted by atomic mass is 19.1. The lowest BCUT2D eigenvalue weighted by Gasteiger charge is -2.26. The lowest BCUT2D eigenvalue weighted by atomic mass is 9.80.